The van der Waals surface area contributed by atoms with Crippen molar-refractivity contribution in [3.8, 4) is 0 Å². The average Bonchev–Trinajstić information content (AvgIpc) is 2.74. The summed E-state index contributed by atoms with van der Waals surface area (Å²) in [7, 11) is 0. The first-order valence-corrected chi connectivity index (χ1v) is 13.0. The summed E-state index contributed by atoms with van der Waals surface area (Å²) in [4.78, 5) is 23.3. The molecule has 30 heavy (non-hydrogen) atoms. The fourth-order valence-corrected chi connectivity index (χ4v) is 3.53. The summed E-state index contributed by atoms with van der Waals surface area (Å²) in [6.45, 7) is 5.59. The van der Waals surface area contributed by atoms with Crippen molar-refractivity contribution in [3.05, 3.63) is 0 Å². The van der Waals surface area contributed by atoms with Crippen LogP contribution >= 0.6 is 0 Å². The molecular formula is C26H50O4. The molecule has 178 valence electrons. The highest BCUT2D eigenvalue weighted by Crippen LogP contribution is 2.12. The van der Waals surface area contributed by atoms with E-state index in [1.54, 1.807) is 0 Å². The first kappa shape index (κ1) is 28.9. The van der Waals surface area contributed by atoms with Crippen LogP contribution < -0.4 is 0 Å². The SMILES string of the molecule is CCCCCCCOC(=O)CCCCCCCCCCC(=O)OCCCCCCC. The maximum atomic E-state index is 11.7. The molecule has 0 heterocycles. The van der Waals surface area contributed by atoms with Gasteiger partial charge in [0.2, 0.25) is 0 Å². The van der Waals surface area contributed by atoms with Gasteiger partial charge >= 0.3 is 11.9 Å². The van der Waals surface area contributed by atoms with Gasteiger partial charge in [0.1, 0.15) is 0 Å². The van der Waals surface area contributed by atoms with Crippen LogP contribution in [0.5, 0.6) is 0 Å². The van der Waals surface area contributed by atoms with Gasteiger partial charge in [-0.05, 0) is 25.7 Å². The maximum Gasteiger partial charge on any atom is 0.305 e. The van der Waals surface area contributed by atoms with Crippen molar-refractivity contribution < 1.29 is 19.1 Å². The molecule has 0 aliphatic rings. The minimum absolute atomic E-state index is 0.0293. The van der Waals surface area contributed by atoms with Gasteiger partial charge in [-0.25, -0.2) is 0 Å². The Balaban J connectivity index is 3.23. The van der Waals surface area contributed by atoms with Crippen LogP contribution in [-0.2, 0) is 19.1 Å². The zero-order chi connectivity index (χ0) is 22.1. The zero-order valence-corrected chi connectivity index (χ0v) is 20.2. The molecule has 0 saturated carbocycles. The molecule has 0 aromatic carbocycles. The number of carbonyl (C=O) groups excluding carboxylic acids is 2. The van der Waals surface area contributed by atoms with Gasteiger partial charge in [0, 0.05) is 12.8 Å². The van der Waals surface area contributed by atoms with E-state index >= 15 is 0 Å². The highest BCUT2D eigenvalue weighted by atomic mass is 16.5. The molecule has 0 atom stereocenters. The number of esters is 2. The molecule has 0 unspecified atom stereocenters. The molecule has 0 amide bonds. The Labute approximate surface area is 186 Å². The molecule has 0 aromatic rings. The van der Waals surface area contributed by atoms with Crippen LogP contribution in [0.4, 0.5) is 0 Å². The second-order valence-electron chi connectivity index (χ2n) is 8.60. The molecule has 0 N–H and O–H groups in total. The molecule has 0 saturated heterocycles. The Kier molecular flexibility index (Phi) is 23.4. The van der Waals surface area contributed by atoms with Crippen LogP contribution in [0.2, 0.25) is 0 Å². The first-order valence-electron chi connectivity index (χ1n) is 13.0. The average molecular weight is 427 g/mol. The van der Waals surface area contributed by atoms with Crippen molar-refractivity contribution in [2.45, 2.75) is 142 Å². The fourth-order valence-electron chi connectivity index (χ4n) is 3.53. The molecule has 0 fully saturated rings. The molecule has 0 aliphatic carbocycles. The van der Waals surface area contributed by atoms with Crippen molar-refractivity contribution in [2.75, 3.05) is 13.2 Å². The maximum absolute atomic E-state index is 11.7. The number of rotatable bonds is 23. The van der Waals surface area contributed by atoms with Crippen molar-refractivity contribution in [2.24, 2.45) is 0 Å². The lowest BCUT2D eigenvalue weighted by Gasteiger charge is -2.06. The second kappa shape index (κ2) is 24.2. The number of unbranched alkanes of at least 4 members (excludes halogenated alkanes) is 15. The first-order chi connectivity index (χ1) is 14.7. The Morgan fingerprint density at radius 1 is 0.433 bits per heavy atom. The van der Waals surface area contributed by atoms with E-state index in [0.29, 0.717) is 26.1 Å². The van der Waals surface area contributed by atoms with Gasteiger partial charge in [-0.1, -0.05) is 104 Å². The second-order valence-corrected chi connectivity index (χ2v) is 8.60. The van der Waals surface area contributed by atoms with E-state index in [1.165, 1.54) is 77.0 Å². The largest absolute Gasteiger partial charge is 0.466 e. The summed E-state index contributed by atoms with van der Waals surface area (Å²) in [6.07, 6.45) is 21.9. The summed E-state index contributed by atoms with van der Waals surface area (Å²) in [6, 6.07) is 0. The third kappa shape index (κ3) is 23.2. The molecule has 4 heteroatoms. The van der Waals surface area contributed by atoms with Gasteiger partial charge in [-0.2, -0.15) is 0 Å². The predicted molar refractivity (Wildman–Crippen MR) is 126 cm³/mol. The van der Waals surface area contributed by atoms with Gasteiger partial charge in [0.15, 0.2) is 0 Å². The van der Waals surface area contributed by atoms with Gasteiger partial charge in [-0.3, -0.25) is 9.59 Å². The minimum atomic E-state index is -0.0293. The summed E-state index contributed by atoms with van der Waals surface area (Å²) >= 11 is 0. The summed E-state index contributed by atoms with van der Waals surface area (Å²) in [5.41, 5.74) is 0. The van der Waals surface area contributed by atoms with E-state index < -0.39 is 0 Å². The molecule has 0 aromatic heterocycles. The van der Waals surface area contributed by atoms with E-state index in [1.807, 2.05) is 0 Å². The van der Waals surface area contributed by atoms with Crippen molar-refractivity contribution in [3.63, 3.8) is 0 Å². The quantitative estimate of drug-likeness (QED) is 0.123. The van der Waals surface area contributed by atoms with Crippen molar-refractivity contribution in [1.29, 1.82) is 0 Å². The summed E-state index contributed by atoms with van der Waals surface area (Å²) < 4.78 is 10.6. The summed E-state index contributed by atoms with van der Waals surface area (Å²) in [5, 5.41) is 0. The lowest BCUT2D eigenvalue weighted by molar-refractivity contribution is -0.144. The third-order valence-corrected chi connectivity index (χ3v) is 5.53. The van der Waals surface area contributed by atoms with Crippen LogP contribution in [-0.4, -0.2) is 25.2 Å². The highest BCUT2D eigenvalue weighted by molar-refractivity contribution is 5.69. The van der Waals surface area contributed by atoms with Crippen molar-refractivity contribution >= 4 is 11.9 Å². The zero-order valence-electron chi connectivity index (χ0n) is 20.2. The number of hydrogen-bond donors (Lipinski definition) is 0. The van der Waals surface area contributed by atoms with Crippen LogP contribution in [0.15, 0.2) is 0 Å². The normalized spacial score (nSPS) is 10.9. The van der Waals surface area contributed by atoms with E-state index in [9.17, 15) is 9.59 Å². The standard InChI is InChI=1S/C26H50O4/c1-3-5-7-15-19-23-29-25(27)21-17-13-11-9-10-12-14-18-22-26(28)30-24-20-16-8-6-4-2/h3-24H2,1-2H3. The number of ether oxygens (including phenoxy) is 2. The van der Waals surface area contributed by atoms with Gasteiger partial charge in [0.05, 0.1) is 13.2 Å². The van der Waals surface area contributed by atoms with E-state index in [-0.39, 0.29) is 11.9 Å². The Morgan fingerprint density at radius 2 is 0.733 bits per heavy atom. The molecule has 0 radical (unpaired) electrons. The van der Waals surface area contributed by atoms with Gasteiger partial charge in [0.25, 0.3) is 0 Å². The van der Waals surface area contributed by atoms with Crippen LogP contribution in [0.1, 0.15) is 142 Å². The van der Waals surface area contributed by atoms with Gasteiger partial charge < -0.3 is 9.47 Å². The Morgan fingerprint density at radius 3 is 1.10 bits per heavy atom. The number of carbonyl (C=O) groups is 2. The van der Waals surface area contributed by atoms with Gasteiger partial charge in [-0.15, -0.1) is 0 Å². The topological polar surface area (TPSA) is 52.6 Å². The van der Waals surface area contributed by atoms with Crippen molar-refractivity contribution in [1.82, 2.24) is 0 Å². The Bertz CT molecular complexity index is 345. The predicted octanol–water partition coefficient (Wildman–Crippen LogP) is 7.91. The Hall–Kier alpha value is -1.06. The molecule has 4 nitrogen and oxygen atoms in total. The monoisotopic (exact) mass is 426 g/mol. The molecular weight excluding hydrogens is 376 g/mol. The number of hydrogen-bond acceptors (Lipinski definition) is 4. The molecule has 0 spiro atoms. The lowest BCUT2D eigenvalue weighted by atomic mass is 10.1. The third-order valence-electron chi connectivity index (χ3n) is 5.53. The van der Waals surface area contributed by atoms with Crippen LogP contribution in [0, 0.1) is 0 Å². The highest BCUT2D eigenvalue weighted by Gasteiger charge is 2.04. The van der Waals surface area contributed by atoms with Crippen LogP contribution in [0.3, 0.4) is 0 Å². The molecule has 0 bridgehead atoms. The summed E-state index contributed by atoms with van der Waals surface area (Å²) in [5.74, 6) is -0.0586. The lowest BCUT2D eigenvalue weighted by Crippen LogP contribution is -2.05. The smallest absolute Gasteiger partial charge is 0.305 e. The fraction of sp³-hybridized carbons (Fsp3) is 0.923. The van der Waals surface area contributed by atoms with E-state index in [2.05, 4.69) is 13.8 Å². The van der Waals surface area contributed by atoms with E-state index in [4.69, 9.17) is 9.47 Å². The van der Waals surface area contributed by atoms with E-state index in [0.717, 1.165) is 38.5 Å². The molecule has 0 rings (SSSR count). The van der Waals surface area contributed by atoms with Crippen LogP contribution in [0.25, 0.3) is 0 Å². The minimum Gasteiger partial charge on any atom is -0.466 e. The molecule has 0 aliphatic heterocycles.